The SMILES string of the molecule is O=C(O)c1ccc(C23CC4CC(c5ccc(C(=O)O)cc5)(C2)CC(c2ccc(C(=O)O)cc2)(C4)C3)cc1. The normalized spacial score (nSPS) is 29.7. The zero-order valence-corrected chi connectivity index (χ0v) is 20.3. The van der Waals surface area contributed by atoms with Crippen LogP contribution in [0.4, 0.5) is 0 Å². The second-order valence-corrected chi connectivity index (χ2v) is 11.5. The van der Waals surface area contributed by atoms with Crippen LogP contribution < -0.4 is 0 Å². The van der Waals surface area contributed by atoms with E-state index < -0.39 is 17.9 Å². The largest absolute Gasteiger partial charge is 0.478 e. The fourth-order valence-electron chi connectivity index (χ4n) is 8.30. The van der Waals surface area contributed by atoms with Crippen molar-refractivity contribution in [2.45, 2.75) is 54.8 Å². The van der Waals surface area contributed by atoms with Gasteiger partial charge in [0.25, 0.3) is 0 Å². The number of hydrogen-bond acceptors (Lipinski definition) is 3. The molecule has 3 aromatic carbocycles. The van der Waals surface area contributed by atoms with Crippen LogP contribution >= 0.6 is 0 Å². The van der Waals surface area contributed by atoms with Crippen LogP contribution in [0.2, 0.25) is 0 Å². The lowest BCUT2D eigenvalue weighted by atomic mass is 9.36. The molecular weight excluding hydrogens is 468 g/mol. The summed E-state index contributed by atoms with van der Waals surface area (Å²) in [7, 11) is 0. The summed E-state index contributed by atoms with van der Waals surface area (Å²) in [5.74, 6) is -2.38. The van der Waals surface area contributed by atoms with Gasteiger partial charge in [0.1, 0.15) is 0 Å². The average molecular weight is 497 g/mol. The van der Waals surface area contributed by atoms with Crippen LogP contribution in [-0.2, 0) is 16.2 Å². The standard InChI is InChI=1S/C31H28O6/c32-26(33)20-1-7-23(8-2-20)29-13-19-14-30(16-29,24-9-3-21(4-10-24)27(34)35)18-31(15-19,17-29)25-11-5-22(6-12-25)28(36)37/h1-12,19H,13-18H2,(H,32,33)(H,34,35)(H,36,37). The van der Waals surface area contributed by atoms with Gasteiger partial charge in [-0.25, -0.2) is 14.4 Å². The summed E-state index contributed by atoms with van der Waals surface area (Å²) >= 11 is 0. The maximum absolute atomic E-state index is 11.5. The number of carboxylic acids is 3. The topological polar surface area (TPSA) is 112 Å². The Balaban J connectivity index is 1.49. The average Bonchev–Trinajstić information content (AvgIpc) is 2.88. The molecule has 37 heavy (non-hydrogen) atoms. The third-order valence-electron chi connectivity index (χ3n) is 9.30. The molecule has 7 rings (SSSR count). The molecule has 4 aliphatic rings. The van der Waals surface area contributed by atoms with E-state index in [9.17, 15) is 29.7 Å². The van der Waals surface area contributed by atoms with Crippen LogP contribution in [0.3, 0.4) is 0 Å². The summed E-state index contributed by atoms with van der Waals surface area (Å²) in [6.45, 7) is 0. The lowest BCUT2D eigenvalue weighted by Crippen LogP contribution is -2.62. The van der Waals surface area contributed by atoms with E-state index in [0.29, 0.717) is 5.92 Å². The smallest absolute Gasteiger partial charge is 0.335 e. The minimum absolute atomic E-state index is 0.145. The van der Waals surface area contributed by atoms with E-state index in [-0.39, 0.29) is 32.9 Å². The number of carbonyl (C=O) groups is 3. The molecule has 0 radical (unpaired) electrons. The van der Waals surface area contributed by atoms with Crippen molar-refractivity contribution >= 4 is 17.9 Å². The molecule has 4 saturated carbocycles. The van der Waals surface area contributed by atoms with Crippen molar-refractivity contribution in [1.82, 2.24) is 0 Å². The summed E-state index contributed by atoms with van der Waals surface area (Å²) < 4.78 is 0. The van der Waals surface area contributed by atoms with E-state index in [1.807, 2.05) is 36.4 Å². The molecule has 3 aromatic rings. The zero-order chi connectivity index (χ0) is 26.0. The van der Waals surface area contributed by atoms with E-state index in [2.05, 4.69) is 0 Å². The van der Waals surface area contributed by atoms with Crippen LogP contribution in [0.25, 0.3) is 0 Å². The molecule has 0 atom stereocenters. The Morgan fingerprint density at radius 3 is 0.946 bits per heavy atom. The van der Waals surface area contributed by atoms with Crippen LogP contribution in [0.1, 0.15) is 86.3 Å². The quantitative estimate of drug-likeness (QED) is 0.392. The van der Waals surface area contributed by atoms with E-state index >= 15 is 0 Å². The summed E-state index contributed by atoms with van der Waals surface area (Å²) in [5.41, 5.74) is 3.83. The highest BCUT2D eigenvalue weighted by Gasteiger charge is 2.64. The molecule has 3 N–H and O–H groups in total. The first kappa shape index (κ1) is 23.5. The van der Waals surface area contributed by atoms with E-state index in [1.165, 1.54) is 0 Å². The van der Waals surface area contributed by atoms with Gasteiger partial charge in [-0.15, -0.1) is 0 Å². The Morgan fingerprint density at radius 1 is 0.486 bits per heavy atom. The number of aromatic carboxylic acids is 3. The Morgan fingerprint density at radius 2 is 0.730 bits per heavy atom. The first-order chi connectivity index (χ1) is 17.6. The van der Waals surface area contributed by atoms with Gasteiger partial charge >= 0.3 is 17.9 Å². The fourth-order valence-corrected chi connectivity index (χ4v) is 8.30. The maximum Gasteiger partial charge on any atom is 0.335 e. The van der Waals surface area contributed by atoms with Gasteiger partial charge < -0.3 is 15.3 Å². The van der Waals surface area contributed by atoms with Gasteiger partial charge in [-0.3, -0.25) is 0 Å². The molecule has 0 aromatic heterocycles. The lowest BCUT2D eigenvalue weighted by molar-refractivity contribution is -0.0494. The summed E-state index contributed by atoms with van der Waals surface area (Å²) in [6, 6.07) is 22.0. The molecule has 0 amide bonds. The number of rotatable bonds is 6. The summed E-state index contributed by atoms with van der Waals surface area (Å²) in [5, 5.41) is 28.3. The predicted molar refractivity (Wildman–Crippen MR) is 136 cm³/mol. The fraction of sp³-hybridized carbons (Fsp3) is 0.323. The molecule has 4 aliphatic carbocycles. The highest BCUT2D eigenvalue weighted by Crippen LogP contribution is 2.70. The minimum Gasteiger partial charge on any atom is -0.478 e. The van der Waals surface area contributed by atoms with Crippen LogP contribution in [0.5, 0.6) is 0 Å². The molecule has 0 saturated heterocycles. The van der Waals surface area contributed by atoms with Crippen molar-refractivity contribution < 1.29 is 29.7 Å². The van der Waals surface area contributed by atoms with Gasteiger partial charge in [0.15, 0.2) is 0 Å². The molecule has 188 valence electrons. The van der Waals surface area contributed by atoms with Crippen molar-refractivity contribution in [3.63, 3.8) is 0 Å². The molecule has 6 heteroatoms. The molecule has 4 bridgehead atoms. The molecule has 0 aliphatic heterocycles. The van der Waals surface area contributed by atoms with Gasteiger partial charge in [0, 0.05) is 0 Å². The van der Waals surface area contributed by atoms with Gasteiger partial charge in [0.2, 0.25) is 0 Å². The first-order valence-electron chi connectivity index (χ1n) is 12.7. The Hall–Kier alpha value is -3.93. The first-order valence-corrected chi connectivity index (χ1v) is 12.7. The van der Waals surface area contributed by atoms with Gasteiger partial charge in [0.05, 0.1) is 16.7 Å². The van der Waals surface area contributed by atoms with Crippen molar-refractivity contribution in [1.29, 1.82) is 0 Å². The molecule has 4 fully saturated rings. The van der Waals surface area contributed by atoms with Gasteiger partial charge in [-0.2, -0.15) is 0 Å². The minimum atomic E-state index is -0.943. The van der Waals surface area contributed by atoms with E-state index in [0.717, 1.165) is 55.2 Å². The molecule has 6 nitrogen and oxygen atoms in total. The highest BCUT2D eigenvalue weighted by atomic mass is 16.4. The van der Waals surface area contributed by atoms with Crippen molar-refractivity contribution in [2.75, 3.05) is 0 Å². The predicted octanol–water partition coefficient (Wildman–Crippen LogP) is 5.89. The lowest BCUT2D eigenvalue weighted by Gasteiger charge is -2.67. The number of hydrogen-bond donors (Lipinski definition) is 3. The third kappa shape index (κ3) is 3.66. The van der Waals surface area contributed by atoms with Crippen LogP contribution in [0.15, 0.2) is 72.8 Å². The van der Waals surface area contributed by atoms with E-state index in [1.54, 1.807) is 36.4 Å². The Labute approximate surface area is 214 Å². The summed E-state index contributed by atoms with van der Waals surface area (Å²) in [4.78, 5) is 34.5. The molecule has 0 spiro atoms. The summed E-state index contributed by atoms with van der Waals surface area (Å²) in [6.07, 6.45) is 5.86. The van der Waals surface area contributed by atoms with Crippen molar-refractivity contribution in [3.8, 4) is 0 Å². The Kier molecular flexibility index (Phi) is 5.10. The van der Waals surface area contributed by atoms with E-state index in [4.69, 9.17) is 0 Å². The number of carboxylic acid groups (broad SMARTS) is 3. The van der Waals surface area contributed by atoms with Crippen molar-refractivity contribution in [2.24, 2.45) is 5.92 Å². The van der Waals surface area contributed by atoms with Crippen LogP contribution in [0, 0.1) is 5.92 Å². The Bertz CT molecular complexity index is 1220. The maximum atomic E-state index is 11.5. The van der Waals surface area contributed by atoms with Crippen molar-refractivity contribution in [3.05, 3.63) is 106 Å². The second-order valence-electron chi connectivity index (χ2n) is 11.5. The van der Waals surface area contributed by atoms with Crippen LogP contribution in [-0.4, -0.2) is 33.2 Å². The molecular formula is C31H28O6. The highest BCUT2D eigenvalue weighted by molar-refractivity contribution is 5.88. The monoisotopic (exact) mass is 496 g/mol. The van der Waals surface area contributed by atoms with Gasteiger partial charge in [-0.1, -0.05) is 36.4 Å². The number of benzene rings is 3. The third-order valence-corrected chi connectivity index (χ3v) is 9.30. The van der Waals surface area contributed by atoms with Gasteiger partial charge in [-0.05, 0) is 114 Å². The molecule has 0 unspecified atom stereocenters. The molecule has 0 heterocycles. The second kappa shape index (κ2) is 8.04. The zero-order valence-electron chi connectivity index (χ0n) is 20.3.